The number of nitrogens with one attached hydrogen (secondary N) is 1. The molecule has 8 heteroatoms. The number of carboxylic acids is 2. The van der Waals surface area contributed by atoms with E-state index in [1.54, 1.807) is 7.05 Å². The van der Waals surface area contributed by atoms with E-state index in [0.29, 0.717) is 24.2 Å². The Bertz CT molecular complexity index is 461. The summed E-state index contributed by atoms with van der Waals surface area (Å²) >= 11 is 0. The number of hydrogen-bond acceptors (Lipinski definition) is 5. The molecule has 0 aromatic heterocycles. The molecular weight excluding hydrogens is 280 g/mol. The number of hydroxylamine groups is 2. The second kappa shape index (κ2) is 6.23. The normalized spacial score (nSPS) is 33.6. The van der Waals surface area contributed by atoms with E-state index in [-0.39, 0.29) is 17.9 Å². The number of carboxylic acid groups (broad SMARTS) is 2. The van der Waals surface area contributed by atoms with Crippen molar-refractivity contribution < 1.29 is 29.4 Å². The van der Waals surface area contributed by atoms with Crippen LogP contribution in [0.15, 0.2) is 12.2 Å². The third-order valence-electron chi connectivity index (χ3n) is 3.88. The van der Waals surface area contributed by atoms with Crippen LogP contribution in [0.5, 0.6) is 0 Å². The number of carbonyl (C=O) groups is 3. The van der Waals surface area contributed by atoms with E-state index < -0.39 is 11.9 Å². The van der Waals surface area contributed by atoms with Gasteiger partial charge in [-0.1, -0.05) is 0 Å². The van der Waals surface area contributed by atoms with E-state index >= 15 is 0 Å². The van der Waals surface area contributed by atoms with Crippen molar-refractivity contribution in [2.24, 2.45) is 5.92 Å². The van der Waals surface area contributed by atoms with Gasteiger partial charge in [0.05, 0.1) is 5.92 Å². The molecule has 4 unspecified atom stereocenters. The molecule has 0 aromatic rings. The van der Waals surface area contributed by atoms with Crippen LogP contribution >= 0.6 is 0 Å². The van der Waals surface area contributed by atoms with Crippen LogP contribution in [0.3, 0.4) is 0 Å². The second-order valence-corrected chi connectivity index (χ2v) is 5.30. The monoisotopic (exact) mass is 298 g/mol. The summed E-state index contributed by atoms with van der Waals surface area (Å²) in [6.45, 7) is 0. The predicted octanol–water partition coefficient (Wildman–Crippen LogP) is -0.389. The number of carbonyl (C=O) groups excluding carboxylic acids is 1. The van der Waals surface area contributed by atoms with Crippen LogP contribution in [0.2, 0.25) is 0 Å². The van der Waals surface area contributed by atoms with Gasteiger partial charge in [0.1, 0.15) is 6.10 Å². The second-order valence-electron chi connectivity index (χ2n) is 5.30. The molecule has 3 saturated heterocycles. The van der Waals surface area contributed by atoms with Crippen molar-refractivity contribution >= 4 is 17.8 Å². The van der Waals surface area contributed by atoms with Gasteiger partial charge in [0, 0.05) is 31.3 Å². The molecule has 0 saturated carbocycles. The zero-order valence-corrected chi connectivity index (χ0v) is 11.6. The summed E-state index contributed by atoms with van der Waals surface area (Å²) in [6, 6.07) is 0.965. The van der Waals surface area contributed by atoms with Crippen molar-refractivity contribution in [3.05, 3.63) is 12.2 Å². The number of piperidine rings is 1. The quantitative estimate of drug-likeness (QED) is 0.594. The molecule has 0 radical (unpaired) electrons. The highest BCUT2D eigenvalue weighted by Crippen LogP contribution is 2.38. The highest BCUT2D eigenvalue weighted by atomic mass is 16.7. The van der Waals surface area contributed by atoms with Crippen LogP contribution in [0.4, 0.5) is 0 Å². The lowest BCUT2D eigenvalue weighted by Crippen LogP contribution is -2.48. The molecule has 3 fully saturated rings. The molecule has 2 bridgehead atoms. The number of fused-ring (bicyclic) bond motifs is 4. The van der Waals surface area contributed by atoms with E-state index in [9.17, 15) is 14.4 Å². The average Bonchev–Trinajstić information content (AvgIpc) is 2.91. The highest BCUT2D eigenvalue weighted by Gasteiger charge is 2.51. The van der Waals surface area contributed by atoms with Crippen LogP contribution in [-0.4, -0.2) is 58.4 Å². The molecule has 3 aliphatic rings. The van der Waals surface area contributed by atoms with Crippen LogP contribution in [-0.2, 0) is 19.2 Å². The maximum absolute atomic E-state index is 11.7. The molecule has 8 nitrogen and oxygen atoms in total. The zero-order chi connectivity index (χ0) is 15.6. The van der Waals surface area contributed by atoms with E-state index in [2.05, 4.69) is 5.32 Å². The fraction of sp³-hybridized carbons (Fsp3) is 0.615. The van der Waals surface area contributed by atoms with E-state index in [4.69, 9.17) is 15.1 Å². The molecule has 116 valence electrons. The first-order valence-corrected chi connectivity index (χ1v) is 6.73. The summed E-state index contributed by atoms with van der Waals surface area (Å²) in [7, 11) is 1.72. The summed E-state index contributed by atoms with van der Waals surface area (Å²) in [5.74, 6) is -2.27. The van der Waals surface area contributed by atoms with E-state index in [0.717, 1.165) is 12.8 Å². The first-order chi connectivity index (χ1) is 9.88. The van der Waals surface area contributed by atoms with Crippen molar-refractivity contribution in [2.45, 2.75) is 37.5 Å². The molecular formula is C13H18N2O6. The lowest BCUT2D eigenvalue weighted by atomic mass is 9.89. The average molecular weight is 298 g/mol. The number of nitrogens with zero attached hydrogens (tertiary/aromatic N) is 1. The summed E-state index contributed by atoms with van der Waals surface area (Å²) in [6.07, 6.45) is 4.60. The predicted molar refractivity (Wildman–Crippen MR) is 70.1 cm³/mol. The molecule has 0 spiro atoms. The van der Waals surface area contributed by atoms with Gasteiger partial charge in [-0.15, -0.1) is 0 Å². The van der Waals surface area contributed by atoms with Gasteiger partial charge in [0.15, 0.2) is 0 Å². The van der Waals surface area contributed by atoms with Gasteiger partial charge >= 0.3 is 11.9 Å². The van der Waals surface area contributed by atoms with E-state index in [1.165, 1.54) is 11.5 Å². The Labute approximate surface area is 121 Å². The topological polar surface area (TPSA) is 116 Å². The minimum Gasteiger partial charge on any atom is -0.478 e. The van der Waals surface area contributed by atoms with E-state index in [1.807, 2.05) is 0 Å². The van der Waals surface area contributed by atoms with Gasteiger partial charge in [0.2, 0.25) is 0 Å². The Morgan fingerprint density at radius 1 is 1.29 bits per heavy atom. The van der Waals surface area contributed by atoms with Crippen LogP contribution < -0.4 is 5.32 Å². The highest BCUT2D eigenvalue weighted by molar-refractivity contribution is 5.89. The molecule has 3 N–H and O–H groups in total. The maximum Gasteiger partial charge on any atom is 0.328 e. The molecule has 0 aliphatic carbocycles. The van der Waals surface area contributed by atoms with Gasteiger partial charge < -0.3 is 15.5 Å². The maximum atomic E-state index is 11.7. The van der Waals surface area contributed by atoms with Crippen molar-refractivity contribution in [3.63, 3.8) is 0 Å². The molecule has 0 aromatic carbocycles. The van der Waals surface area contributed by atoms with Gasteiger partial charge in [-0.3, -0.25) is 9.63 Å². The van der Waals surface area contributed by atoms with Gasteiger partial charge in [-0.05, 0) is 19.3 Å². The SMILES string of the molecule is CN1OC2CC3CCC(N3)C2C1=O.O=C(O)/C=C/C(=O)O. The molecule has 3 rings (SSSR count). The molecule has 3 aliphatic heterocycles. The Kier molecular flexibility index (Phi) is 4.59. The third kappa shape index (κ3) is 3.59. The van der Waals surface area contributed by atoms with Crippen LogP contribution in [0.1, 0.15) is 19.3 Å². The van der Waals surface area contributed by atoms with Crippen molar-refractivity contribution in [3.8, 4) is 0 Å². The minimum absolute atomic E-state index is 0.0868. The number of hydrogen-bond donors (Lipinski definition) is 3. The van der Waals surface area contributed by atoms with Gasteiger partial charge in [-0.2, -0.15) is 0 Å². The van der Waals surface area contributed by atoms with Crippen LogP contribution in [0, 0.1) is 5.92 Å². The van der Waals surface area contributed by atoms with Gasteiger partial charge in [-0.25, -0.2) is 14.7 Å². The minimum atomic E-state index is -1.26. The van der Waals surface area contributed by atoms with Crippen molar-refractivity contribution in [1.82, 2.24) is 10.4 Å². The lowest BCUT2D eigenvalue weighted by molar-refractivity contribution is -0.165. The first kappa shape index (κ1) is 15.5. The Morgan fingerprint density at radius 2 is 1.90 bits per heavy atom. The zero-order valence-electron chi connectivity index (χ0n) is 11.6. The summed E-state index contributed by atoms with van der Waals surface area (Å²) < 4.78 is 0. The molecule has 4 atom stereocenters. The Morgan fingerprint density at radius 3 is 2.48 bits per heavy atom. The standard InChI is InChI=1S/C9H14N2O2.C4H4O4/c1-11-9(12)8-6-3-2-5(10-6)4-7(8)13-11;5-3(6)1-2-4(7)8/h5-8,10H,2-4H2,1H3;1-2H,(H,5,6)(H,7,8)/b;2-1+. The Hall–Kier alpha value is -1.93. The number of amides is 1. The summed E-state index contributed by atoms with van der Waals surface area (Å²) in [5, 5.41) is 20.5. The summed E-state index contributed by atoms with van der Waals surface area (Å²) in [5.41, 5.74) is 0. The van der Waals surface area contributed by atoms with Crippen LogP contribution in [0.25, 0.3) is 0 Å². The third-order valence-corrected chi connectivity index (χ3v) is 3.88. The largest absolute Gasteiger partial charge is 0.478 e. The molecule has 21 heavy (non-hydrogen) atoms. The Balaban J connectivity index is 0.000000177. The van der Waals surface area contributed by atoms with Crippen molar-refractivity contribution in [2.75, 3.05) is 7.05 Å². The first-order valence-electron chi connectivity index (χ1n) is 6.73. The molecule has 3 heterocycles. The van der Waals surface area contributed by atoms with Gasteiger partial charge in [0.25, 0.3) is 5.91 Å². The fourth-order valence-corrected chi connectivity index (χ4v) is 3.05. The number of aliphatic carboxylic acids is 2. The lowest BCUT2D eigenvalue weighted by Gasteiger charge is -2.28. The smallest absolute Gasteiger partial charge is 0.328 e. The fourth-order valence-electron chi connectivity index (χ4n) is 3.05. The summed E-state index contributed by atoms with van der Waals surface area (Å²) in [4.78, 5) is 36.3. The van der Waals surface area contributed by atoms with Crippen molar-refractivity contribution in [1.29, 1.82) is 0 Å². The molecule has 1 amide bonds. The number of rotatable bonds is 2.